The highest BCUT2D eigenvalue weighted by Crippen LogP contribution is 2.15. The zero-order valence-electron chi connectivity index (χ0n) is 17.8. The Balaban J connectivity index is 1.99. The lowest BCUT2D eigenvalue weighted by molar-refractivity contribution is -0.384. The summed E-state index contributed by atoms with van der Waals surface area (Å²) in [4.78, 5) is 49.0. The van der Waals surface area contributed by atoms with Crippen LogP contribution in [0, 0.1) is 23.0 Å². The van der Waals surface area contributed by atoms with Gasteiger partial charge in [0.05, 0.1) is 18.0 Å². The minimum atomic E-state index is -0.580. The molecule has 0 aliphatic rings. The molecular weight excluding hydrogens is 400 g/mol. The van der Waals surface area contributed by atoms with E-state index in [1.807, 2.05) is 39.0 Å². The van der Waals surface area contributed by atoms with Crippen molar-refractivity contribution < 1.29 is 19.3 Å². The monoisotopic (exact) mass is 426 g/mol. The summed E-state index contributed by atoms with van der Waals surface area (Å²) in [5, 5.41) is 16.2. The molecule has 9 heteroatoms. The molecule has 164 valence electrons. The molecular formula is C22H26N4O5. The number of aryl methyl sites for hydroxylation is 1. The van der Waals surface area contributed by atoms with Crippen LogP contribution in [0.3, 0.4) is 0 Å². The van der Waals surface area contributed by atoms with Gasteiger partial charge in [-0.2, -0.15) is 0 Å². The van der Waals surface area contributed by atoms with Gasteiger partial charge in [-0.1, -0.05) is 32.0 Å². The normalized spacial score (nSPS) is 10.5. The van der Waals surface area contributed by atoms with Crippen LogP contribution in [0.15, 0.2) is 48.5 Å². The summed E-state index contributed by atoms with van der Waals surface area (Å²) in [6.07, 6.45) is 0. The highest BCUT2D eigenvalue weighted by molar-refractivity contribution is 5.98. The Morgan fingerprint density at radius 1 is 1.06 bits per heavy atom. The number of anilines is 1. The van der Waals surface area contributed by atoms with E-state index in [1.165, 1.54) is 29.2 Å². The molecule has 0 aliphatic heterocycles. The third kappa shape index (κ3) is 7.54. The number of benzene rings is 2. The van der Waals surface area contributed by atoms with E-state index in [4.69, 9.17) is 0 Å². The van der Waals surface area contributed by atoms with Crippen molar-refractivity contribution in [2.24, 2.45) is 5.92 Å². The average Bonchev–Trinajstić information content (AvgIpc) is 2.71. The van der Waals surface area contributed by atoms with Crippen LogP contribution in [-0.2, 0) is 9.59 Å². The molecule has 3 amide bonds. The first kappa shape index (κ1) is 23.5. The van der Waals surface area contributed by atoms with Crippen molar-refractivity contribution in [1.29, 1.82) is 0 Å². The van der Waals surface area contributed by atoms with Crippen molar-refractivity contribution >= 4 is 29.1 Å². The fraction of sp³-hybridized carbons (Fsp3) is 0.318. The molecule has 0 heterocycles. The smallest absolute Gasteiger partial charge is 0.270 e. The first-order chi connectivity index (χ1) is 14.7. The van der Waals surface area contributed by atoms with Crippen LogP contribution >= 0.6 is 0 Å². The summed E-state index contributed by atoms with van der Waals surface area (Å²) in [5.41, 5.74) is 1.54. The van der Waals surface area contributed by atoms with Crippen LogP contribution < -0.4 is 10.6 Å². The molecule has 0 spiro atoms. The second kappa shape index (κ2) is 10.9. The van der Waals surface area contributed by atoms with Crippen molar-refractivity contribution in [2.75, 3.05) is 25.0 Å². The zero-order chi connectivity index (χ0) is 23.0. The van der Waals surface area contributed by atoms with E-state index in [-0.39, 0.29) is 42.7 Å². The molecule has 0 bridgehead atoms. The van der Waals surface area contributed by atoms with Crippen LogP contribution in [0.5, 0.6) is 0 Å². The molecule has 2 rings (SSSR count). The van der Waals surface area contributed by atoms with Crippen LogP contribution in [0.1, 0.15) is 29.8 Å². The third-order valence-electron chi connectivity index (χ3n) is 4.26. The number of rotatable bonds is 9. The lowest BCUT2D eigenvalue weighted by Crippen LogP contribution is -2.44. The van der Waals surface area contributed by atoms with Crippen LogP contribution in [-0.4, -0.2) is 47.2 Å². The summed E-state index contributed by atoms with van der Waals surface area (Å²) in [6, 6.07) is 12.6. The molecule has 2 aromatic carbocycles. The first-order valence-electron chi connectivity index (χ1n) is 9.82. The Hall–Kier alpha value is -3.75. The number of carbonyl (C=O) groups excluding carboxylic acids is 3. The topological polar surface area (TPSA) is 122 Å². The molecule has 0 aliphatic carbocycles. The van der Waals surface area contributed by atoms with Gasteiger partial charge in [-0.15, -0.1) is 0 Å². The lowest BCUT2D eigenvalue weighted by Gasteiger charge is -2.24. The largest absolute Gasteiger partial charge is 0.345 e. The van der Waals surface area contributed by atoms with Crippen molar-refractivity contribution in [2.45, 2.75) is 20.8 Å². The summed E-state index contributed by atoms with van der Waals surface area (Å²) in [5.74, 6) is -1.31. The Morgan fingerprint density at radius 3 is 2.42 bits per heavy atom. The molecule has 0 saturated carbocycles. The van der Waals surface area contributed by atoms with Crippen LogP contribution in [0.4, 0.5) is 11.4 Å². The highest BCUT2D eigenvalue weighted by atomic mass is 16.6. The summed E-state index contributed by atoms with van der Waals surface area (Å²) >= 11 is 0. The number of nitro groups is 1. The molecule has 9 nitrogen and oxygen atoms in total. The molecule has 0 fully saturated rings. The van der Waals surface area contributed by atoms with Gasteiger partial charge in [-0.3, -0.25) is 24.5 Å². The van der Waals surface area contributed by atoms with Gasteiger partial charge >= 0.3 is 0 Å². The number of hydrogen-bond acceptors (Lipinski definition) is 5. The van der Waals surface area contributed by atoms with Crippen LogP contribution in [0.2, 0.25) is 0 Å². The second-order valence-electron chi connectivity index (χ2n) is 7.58. The van der Waals surface area contributed by atoms with Gasteiger partial charge < -0.3 is 15.5 Å². The molecule has 2 aromatic rings. The minimum Gasteiger partial charge on any atom is -0.345 e. The van der Waals surface area contributed by atoms with Gasteiger partial charge in [0.2, 0.25) is 11.8 Å². The molecule has 0 atom stereocenters. The maximum Gasteiger partial charge on any atom is 0.270 e. The number of nitro benzene ring substituents is 1. The quantitative estimate of drug-likeness (QED) is 0.472. The molecule has 2 N–H and O–H groups in total. The molecule has 0 aromatic heterocycles. The number of non-ortho nitro benzene ring substituents is 1. The molecule has 0 radical (unpaired) electrons. The first-order valence-corrected chi connectivity index (χ1v) is 9.82. The number of nitrogens with zero attached hydrogens (tertiary/aromatic N) is 2. The maximum absolute atomic E-state index is 12.8. The number of hydrogen-bond donors (Lipinski definition) is 2. The predicted octanol–water partition coefficient (Wildman–Crippen LogP) is 2.76. The Morgan fingerprint density at radius 2 is 1.77 bits per heavy atom. The second-order valence-corrected chi connectivity index (χ2v) is 7.58. The van der Waals surface area contributed by atoms with Gasteiger partial charge in [0.1, 0.15) is 0 Å². The van der Waals surface area contributed by atoms with E-state index in [0.29, 0.717) is 5.69 Å². The van der Waals surface area contributed by atoms with E-state index >= 15 is 0 Å². The predicted molar refractivity (Wildman–Crippen MR) is 117 cm³/mol. The number of nitrogens with one attached hydrogen (secondary N) is 2. The Kier molecular flexibility index (Phi) is 8.25. The third-order valence-corrected chi connectivity index (χ3v) is 4.26. The van der Waals surface area contributed by atoms with Gasteiger partial charge in [-0.05, 0) is 36.6 Å². The van der Waals surface area contributed by atoms with Gasteiger partial charge in [-0.25, -0.2) is 0 Å². The summed E-state index contributed by atoms with van der Waals surface area (Å²) in [7, 11) is 0. The van der Waals surface area contributed by atoms with Gasteiger partial charge in [0.15, 0.2) is 0 Å². The Labute approximate surface area is 180 Å². The summed E-state index contributed by atoms with van der Waals surface area (Å²) < 4.78 is 0. The van der Waals surface area contributed by atoms with E-state index < -0.39 is 16.7 Å². The molecule has 31 heavy (non-hydrogen) atoms. The van der Waals surface area contributed by atoms with E-state index in [1.54, 1.807) is 6.07 Å². The van der Waals surface area contributed by atoms with E-state index in [2.05, 4.69) is 10.6 Å². The molecule has 0 saturated heterocycles. The van der Waals surface area contributed by atoms with Crippen molar-refractivity contribution in [3.8, 4) is 0 Å². The lowest BCUT2D eigenvalue weighted by atomic mass is 10.1. The SMILES string of the molecule is Cc1cccc(NC(=O)CNC(=O)CN(CC(C)C)C(=O)c2cccc([N+](=O)[O-])c2)c1. The van der Waals surface area contributed by atoms with Gasteiger partial charge in [0.25, 0.3) is 11.6 Å². The maximum atomic E-state index is 12.8. The summed E-state index contributed by atoms with van der Waals surface area (Å²) in [6.45, 7) is 5.45. The number of amides is 3. The minimum absolute atomic E-state index is 0.0695. The van der Waals surface area contributed by atoms with Crippen LogP contribution in [0.25, 0.3) is 0 Å². The van der Waals surface area contributed by atoms with Crippen molar-refractivity contribution in [3.05, 3.63) is 69.8 Å². The van der Waals surface area contributed by atoms with E-state index in [9.17, 15) is 24.5 Å². The fourth-order valence-electron chi connectivity index (χ4n) is 2.93. The zero-order valence-corrected chi connectivity index (χ0v) is 17.8. The van der Waals surface area contributed by atoms with Crippen molar-refractivity contribution in [3.63, 3.8) is 0 Å². The number of carbonyl (C=O) groups is 3. The fourth-order valence-corrected chi connectivity index (χ4v) is 2.93. The molecule has 0 unspecified atom stereocenters. The highest BCUT2D eigenvalue weighted by Gasteiger charge is 2.22. The Bertz CT molecular complexity index is 974. The standard InChI is InChI=1S/C22H26N4O5/c1-15(2)13-25(22(29)17-7-5-9-19(11-17)26(30)31)14-21(28)23-12-20(27)24-18-8-4-6-16(3)10-18/h4-11,15H,12-14H2,1-3H3,(H,23,28)(H,24,27). The van der Waals surface area contributed by atoms with Gasteiger partial charge in [0, 0.05) is 29.9 Å². The van der Waals surface area contributed by atoms with Crippen molar-refractivity contribution in [1.82, 2.24) is 10.2 Å². The average molecular weight is 426 g/mol. The van der Waals surface area contributed by atoms with E-state index in [0.717, 1.165) is 5.56 Å².